The molecule has 2 aromatic carbocycles. The molecule has 0 spiro atoms. The van der Waals surface area contributed by atoms with Crippen LogP contribution < -0.4 is 20.9 Å². The molecule has 0 aliphatic carbocycles. The van der Waals surface area contributed by atoms with E-state index >= 15 is 0 Å². The number of unbranched alkanes of at least 4 members (excludes halogenated alkanes) is 3. The lowest BCUT2D eigenvalue weighted by Crippen LogP contribution is -2.42. The Balaban J connectivity index is -0.000000708. The van der Waals surface area contributed by atoms with Crippen LogP contribution in [-0.4, -0.2) is 158 Å². The highest BCUT2D eigenvalue weighted by Crippen LogP contribution is 2.33. The molecule has 16 nitrogen and oxygen atoms in total. The summed E-state index contributed by atoms with van der Waals surface area (Å²) in [6.07, 6.45) is 19.7. The van der Waals surface area contributed by atoms with Crippen molar-refractivity contribution in [2.75, 3.05) is 113 Å². The van der Waals surface area contributed by atoms with E-state index in [1.165, 1.54) is 0 Å². The first-order chi connectivity index (χ1) is 42.6. The Hall–Kier alpha value is -4.84. The minimum absolute atomic E-state index is 0.0884. The van der Waals surface area contributed by atoms with Crippen LogP contribution in [0.25, 0.3) is 0 Å². The lowest BCUT2D eigenvalue weighted by molar-refractivity contribution is -0.145. The number of rotatable bonds is 41. The van der Waals surface area contributed by atoms with E-state index < -0.39 is 0 Å². The van der Waals surface area contributed by atoms with Crippen molar-refractivity contribution < 1.29 is 52.3 Å². The lowest BCUT2D eigenvalue weighted by atomic mass is 9.78. The molecule has 524 valence electrons. The van der Waals surface area contributed by atoms with Crippen molar-refractivity contribution in [3.63, 3.8) is 0 Å². The second kappa shape index (κ2) is 59.2. The van der Waals surface area contributed by atoms with E-state index in [1.54, 1.807) is 0 Å². The van der Waals surface area contributed by atoms with E-state index in [1.807, 2.05) is 82.8 Å². The standard InChI is InChI=1S/C37H59N3O6.C21H42N2O5.C7H14.C5H10.2C2H6/c1-9-22-39(7)23-19-33(38)40(8)24-20-35(42)46-28-26-44-32-16-12-30(13-17-32)37(5,6)29-10-14-31(15-11-29)43-25-27-45-34(41)18-21-36(2,3)4;1-21(2,3)11-9-19(24)27-15-7-5-6-8-16-28-20(25)10-13-23(4)14-18-26-17-12-22;1-4-5-6-7(2)3;1-3-5-4-2;2*1-2/h10-17,33H,9,18-28,38H2,1-8H3;5-18,22H2,1-4H3;5-7H,4H2,1-3H3;3,5H,4H2,1-2H3;2*1-2H3. The van der Waals surface area contributed by atoms with Gasteiger partial charge in [-0.15, -0.1) is 0 Å². The van der Waals surface area contributed by atoms with Gasteiger partial charge >= 0.3 is 23.9 Å². The number of hydrogen-bond donors (Lipinski definition) is 2. The molecular formula is C74H137N5O11. The zero-order valence-electron chi connectivity index (χ0n) is 61.4. The van der Waals surface area contributed by atoms with Gasteiger partial charge in [0.2, 0.25) is 0 Å². The molecule has 0 saturated heterocycles. The molecule has 90 heavy (non-hydrogen) atoms. The molecule has 16 heteroatoms. The number of benzene rings is 2. The van der Waals surface area contributed by atoms with Gasteiger partial charge in [-0.1, -0.05) is 166 Å². The number of carbonyl (C=O) groups is 4. The highest BCUT2D eigenvalue weighted by molar-refractivity contribution is 5.70. The average molecular weight is 1270 g/mol. The van der Waals surface area contributed by atoms with Crippen LogP contribution in [0.2, 0.25) is 0 Å². The molecule has 0 saturated carbocycles. The van der Waals surface area contributed by atoms with Crippen LogP contribution in [-0.2, 0) is 48.3 Å². The van der Waals surface area contributed by atoms with E-state index in [-0.39, 0.29) is 66.1 Å². The summed E-state index contributed by atoms with van der Waals surface area (Å²) in [5.74, 6) is 1.46. The van der Waals surface area contributed by atoms with Gasteiger partial charge in [-0.05, 0) is 151 Å². The summed E-state index contributed by atoms with van der Waals surface area (Å²) in [6, 6.07) is 16.0. The molecule has 0 aromatic heterocycles. The van der Waals surface area contributed by atoms with Crippen molar-refractivity contribution in [2.45, 2.75) is 226 Å². The molecule has 4 N–H and O–H groups in total. The van der Waals surface area contributed by atoms with Gasteiger partial charge in [0.1, 0.15) is 37.9 Å². The number of hydrogen-bond acceptors (Lipinski definition) is 16. The maximum atomic E-state index is 12.2. The quantitative estimate of drug-likeness (QED) is 0.0210. The summed E-state index contributed by atoms with van der Waals surface area (Å²) in [6.45, 7) is 45.5. The summed E-state index contributed by atoms with van der Waals surface area (Å²) >= 11 is 0. The Labute approximate surface area is 551 Å². The fraction of sp³-hybridized carbons (Fsp3) is 0.730. The van der Waals surface area contributed by atoms with Gasteiger partial charge in [-0.25, -0.2) is 0 Å². The van der Waals surface area contributed by atoms with Gasteiger partial charge < -0.3 is 54.4 Å². The third-order valence-electron chi connectivity index (χ3n) is 13.6. The molecule has 0 heterocycles. The van der Waals surface area contributed by atoms with Gasteiger partial charge in [-0.2, -0.15) is 0 Å². The Kier molecular flexibility index (Phi) is 60.2. The third-order valence-corrected chi connectivity index (χ3v) is 13.6. The van der Waals surface area contributed by atoms with Crippen LogP contribution in [0.5, 0.6) is 11.5 Å². The second-order valence-corrected chi connectivity index (χ2v) is 25.2. The summed E-state index contributed by atoms with van der Waals surface area (Å²) in [4.78, 5) is 53.7. The predicted molar refractivity (Wildman–Crippen MR) is 377 cm³/mol. The number of ether oxygens (including phenoxy) is 7. The number of nitrogens with zero attached hydrogens (tertiary/aromatic N) is 3. The maximum absolute atomic E-state index is 12.2. The van der Waals surface area contributed by atoms with Crippen LogP contribution in [0.4, 0.5) is 0 Å². The summed E-state index contributed by atoms with van der Waals surface area (Å²) in [5, 5.41) is 0. The Morgan fingerprint density at radius 1 is 0.511 bits per heavy atom. The summed E-state index contributed by atoms with van der Waals surface area (Å²) < 4.78 is 38.0. The van der Waals surface area contributed by atoms with Crippen LogP contribution in [0.15, 0.2) is 72.8 Å². The van der Waals surface area contributed by atoms with Gasteiger partial charge in [0, 0.05) is 51.0 Å². The number of nitrogens with two attached hydrogens (primary N) is 2. The zero-order valence-corrected chi connectivity index (χ0v) is 61.4. The van der Waals surface area contributed by atoms with Crippen LogP contribution in [0, 0.1) is 16.7 Å². The van der Waals surface area contributed by atoms with Gasteiger partial charge in [-0.3, -0.25) is 24.1 Å². The number of carbonyl (C=O) groups excluding carboxylic acids is 4. The first kappa shape index (κ1) is 91.6. The maximum Gasteiger partial charge on any atom is 0.307 e. The highest BCUT2D eigenvalue weighted by Gasteiger charge is 2.24. The largest absolute Gasteiger partial charge is 0.490 e. The molecule has 2 aromatic rings. The molecule has 1 unspecified atom stereocenters. The van der Waals surface area contributed by atoms with E-state index in [4.69, 9.17) is 44.6 Å². The van der Waals surface area contributed by atoms with E-state index in [2.05, 4.69) is 151 Å². The Bertz CT molecular complexity index is 2050. The van der Waals surface area contributed by atoms with Crippen molar-refractivity contribution in [2.24, 2.45) is 28.2 Å². The molecule has 0 amide bonds. The van der Waals surface area contributed by atoms with Crippen molar-refractivity contribution in [3.8, 4) is 11.5 Å². The van der Waals surface area contributed by atoms with E-state index in [9.17, 15) is 19.2 Å². The molecule has 0 aliphatic rings. The molecule has 0 aliphatic heterocycles. The normalized spacial score (nSPS) is 11.7. The number of allylic oxidation sites excluding steroid dienone is 4. The van der Waals surface area contributed by atoms with E-state index in [0.29, 0.717) is 78.4 Å². The topological polar surface area (TPSA) is 195 Å². The third kappa shape index (κ3) is 58.3. The minimum Gasteiger partial charge on any atom is -0.490 e. The van der Waals surface area contributed by atoms with E-state index in [0.717, 1.165) is 112 Å². The minimum atomic E-state index is -0.255. The average Bonchev–Trinajstić information content (AvgIpc) is 1.01. The molecular weight excluding hydrogens is 1130 g/mol. The molecule has 2 rings (SSSR count). The van der Waals surface area contributed by atoms with Crippen LogP contribution in [0.3, 0.4) is 0 Å². The monoisotopic (exact) mass is 1270 g/mol. The SMILES string of the molecule is CC.CC.CC=CCC.CCC=CC(C)C.CCCN(C)CCC(N)N(C)CCC(=O)OCCOc1ccc(C(C)(C)c2ccc(OCCOC(=O)CCC(C)(C)C)cc2)cc1.CN(CCOCCN)CCC(=O)OCCCCCCOC(=O)CCC(C)(C)C. The molecule has 1 atom stereocenters. The van der Waals surface area contributed by atoms with Crippen LogP contribution >= 0.6 is 0 Å². The summed E-state index contributed by atoms with van der Waals surface area (Å²) in [7, 11) is 5.99. The van der Waals surface area contributed by atoms with Crippen molar-refractivity contribution >= 4 is 23.9 Å². The molecule has 0 bridgehead atoms. The van der Waals surface area contributed by atoms with Crippen molar-refractivity contribution in [1.29, 1.82) is 0 Å². The number of esters is 4. The fourth-order valence-corrected chi connectivity index (χ4v) is 7.85. The second-order valence-electron chi connectivity index (χ2n) is 25.2. The molecule has 0 fully saturated rings. The first-order valence-corrected chi connectivity index (χ1v) is 34.1. The summed E-state index contributed by atoms with van der Waals surface area (Å²) in [5.41, 5.74) is 13.9. The fourth-order valence-electron chi connectivity index (χ4n) is 7.85. The first-order valence-electron chi connectivity index (χ1n) is 34.1. The molecule has 0 radical (unpaired) electrons. The van der Waals surface area contributed by atoms with Gasteiger partial charge in [0.15, 0.2) is 0 Å². The zero-order chi connectivity index (χ0) is 69.2. The van der Waals surface area contributed by atoms with Crippen molar-refractivity contribution in [1.82, 2.24) is 14.7 Å². The van der Waals surface area contributed by atoms with Gasteiger partial charge in [0.25, 0.3) is 0 Å². The lowest BCUT2D eigenvalue weighted by Gasteiger charge is -2.26. The van der Waals surface area contributed by atoms with Crippen LogP contribution in [0.1, 0.15) is 226 Å². The predicted octanol–water partition coefficient (Wildman–Crippen LogP) is 15.4. The Morgan fingerprint density at radius 3 is 1.29 bits per heavy atom. The number of likely N-dealkylation sites (N-methyl/N-ethyl adjacent to an activating group) is 1. The highest BCUT2D eigenvalue weighted by atomic mass is 16.6. The smallest absolute Gasteiger partial charge is 0.307 e. The Morgan fingerprint density at radius 2 is 0.922 bits per heavy atom. The van der Waals surface area contributed by atoms with Gasteiger partial charge in [0.05, 0.1) is 45.4 Å². The van der Waals surface area contributed by atoms with Crippen molar-refractivity contribution in [3.05, 3.63) is 84.0 Å².